The van der Waals surface area contributed by atoms with Gasteiger partial charge in [-0.1, -0.05) is 0 Å². The number of aromatic nitrogens is 1. The third-order valence-electron chi connectivity index (χ3n) is 3.79. The number of hydrogen-bond donors (Lipinski definition) is 2. The molecule has 1 fully saturated rings. The maximum atomic E-state index is 5.71. The second-order valence-electron chi connectivity index (χ2n) is 5.97. The Morgan fingerprint density at radius 3 is 3.00 bits per heavy atom. The molecular formula is C17H31IN4O2. The van der Waals surface area contributed by atoms with Crippen molar-refractivity contribution >= 4 is 29.9 Å². The first-order chi connectivity index (χ1) is 11.3. The summed E-state index contributed by atoms with van der Waals surface area (Å²) in [5, 5.41) is 6.62. The predicted octanol–water partition coefficient (Wildman–Crippen LogP) is 2.14. The van der Waals surface area contributed by atoms with E-state index < -0.39 is 0 Å². The summed E-state index contributed by atoms with van der Waals surface area (Å²) in [5.41, 5.74) is 1.21. The summed E-state index contributed by atoms with van der Waals surface area (Å²) in [6.45, 7) is 7.83. The van der Waals surface area contributed by atoms with Crippen molar-refractivity contribution in [2.24, 2.45) is 18.0 Å². The lowest BCUT2D eigenvalue weighted by atomic mass is 10.1. The number of aliphatic imine (C=N–C) groups is 1. The lowest BCUT2D eigenvalue weighted by Crippen LogP contribution is -2.38. The van der Waals surface area contributed by atoms with Crippen LogP contribution < -0.4 is 10.6 Å². The Balaban J connectivity index is 0.00000288. The average molecular weight is 450 g/mol. The van der Waals surface area contributed by atoms with E-state index in [1.165, 1.54) is 5.56 Å². The van der Waals surface area contributed by atoms with Gasteiger partial charge in [0.1, 0.15) is 0 Å². The Bertz CT molecular complexity index is 473. The zero-order chi connectivity index (χ0) is 16.3. The van der Waals surface area contributed by atoms with Crippen LogP contribution in [0.4, 0.5) is 0 Å². The maximum absolute atomic E-state index is 5.71. The minimum atomic E-state index is 0. The van der Waals surface area contributed by atoms with Gasteiger partial charge in [0.05, 0.1) is 19.8 Å². The van der Waals surface area contributed by atoms with E-state index in [9.17, 15) is 0 Å². The summed E-state index contributed by atoms with van der Waals surface area (Å²) in [7, 11) is 2.02. The summed E-state index contributed by atoms with van der Waals surface area (Å²) < 4.78 is 13.1. The molecule has 1 aromatic heterocycles. The van der Waals surface area contributed by atoms with Crippen molar-refractivity contribution in [3.05, 3.63) is 24.0 Å². The molecule has 0 spiro atoms. The first-order valence-electron chi connectivity index (χ1n) is 8.56. The summed E-state index contributed by atoms with van der Waals surface area (Å²) in [6, 6.07) is 2.09. The molecule has 1 atom stereocenters. The first kappa shape index (κ1) is 21.2. The largest absolute Gasteiger partial charge is 0.381 e. The fourth-order valence-corrected chi connectivity index (χ4v) is 2.51. The number of rotatable bonds is 9. The zero-order valence-electron chi connectivity index (χ0n) is 14.8. The van der Waals surface area contributed by atoms with Gasteiger partial charge in [-0.15, -0.1) is 24.0 Å². The topological polar surface area (TPSA) is 59.8 Å². The summed E-state index contributed by atoms with van der Waals surface area (Å²) >= 11 is 0. The van der Waals surface area contributed by atoms with Crippen LogP contribution in [0.1, 0.15) is 25.3 Å². The van der Waals surface area contributed by atoms with Crippen LogP contribution in [0.3, 0.4) is 0 Å². The van der Waals surface area contributed by atoms with Crippen molar-refractivity contribution in [3.8, 4) is 0 Å². The molecule has 0 amide bonds. The second-order valence-corrected chi connectivity index (χ2v) is 5.97. The van der Waals surface area contributed by atoms with Crippen molar-refractivity contribution in [2.75, 3.05) is 39.5 Å². The third-order valence-corrected chi connectivity index (χ3v) is 3.79. The molecule has 0 bridgehead atoms. The minimum absolute atomic E-state index is 0. The molecular weight excluding hydrogens is 419 g/mol. The molecule has 2 N–H and O–H groups in total. The number of nitrogens with one attached hydrogen (secondary N) is 2. The van der Waals surface area contributed by atoms with E-state index in [0.717, 1.165) is 58.3 Å². The van der Waals surface area contributed by atoms with E-state index in [-0.39, 0.29) is 24.0 Å². The van der Waals surface area contributed by atoms with Crippen LogP contribution in [0, 0.1) is 5.92 Å². The molecule has 1 aliphatic rings. The van der Waals surface area contributed by atoms with E-state index >= 15 is 0 Å². The van der Waals surface area contributed by atoms with Gasteiger partial charge in [-0.2, -0.15) is 0 Å². The SMILES string of the molecule is CCNC(=NCc1ccn(C)c1)NCCCOCC1CCOC1.I. The van der Waals surface area contributed by atoms with Crippen molar-refractivity contribution in [3.63, 3.8) is 0 Å². The highest BCUT2D eigenvalue weighted by atomic mass is 127. The van der Waals surface area contributed by atoms with Crippen LogP contribution in [0.5, 0.6) is 0 Å². The van der Waals surface area contributed by atoms with Crippen LogP contribution in [0.15, 0.2) is 23.5 Å². The highest BCUT2D eigenvalue weighted by molar-refractivity contribution is 14.0. The highest BCUT2D eigenvalue weighted by Crippen LogP contribution is 2.12. The van der Waals surface area contributed by atoms with Crippen LogP contribution in [0.2, 0.25) is 0 Å². The number of aryl methyl sites for hydroxylation is 1. The minimum Gasteiger partial charge on any atom is -0.381 e. The van der Waals surface area contributed by atoms with Crippen LogP contribution >= 0.6 is 24.0 Å². The Morgan fingerprint density at radius 1 is 1.46 bits per heavy atom. The van der Waals surface area contributed by atoms with E-state index in [4.69, 9.17) is 9.47 Å². The fourth-order valence-electron chi connectivity index (χ4n) is 2.51. The molecule has 0 aromatic carbocycles. The Labute approximate surface area is 162 Å². The predicted molar refractivity (Wildman–Crippen MR) is 108 cm³/mol. The van der Waals surface area contributed by atoms with Gasteiger partial charge < -0.3 is 24.7 Å². The van der Waals surface area contributed by atoms with Crippen LogP contribution in [-0.4, -0.2) is 50.0 Å². The molecule has 0 aliphatic carbocycles. The average Bonchev–Trinajstić information content (AvgIpc) is 3.19. The van der Waals surface area contributed by atoms with E-state index in [1.807, 2.05) is 17.8 Å². The molecule has 24 heavy (non-hydrogen) atoms. The van der Waals surface area contributed by atoms with Crippen molar-refractivity contribution in [1.29, 1.82) is 0 Å². The third kappa shape index (κ3) is 8.34. The number of nitrogens with zero attached hydrogens (tertiary/aromatic N) is 2. The number of halogens is 1. The van der Waals surface area contributed by atoms with E-state index in [1.54, 1.807) is 0 Å². The lowest BCUT2D eigenvalue weighted by molar-refractivity contribution is 0.0888. The van der Waals surface area contributed by atoms with Gasteiger partial charge in [0.2, 0.25) is 0 Å². The van der Waals surface area contributed by atoms with Gasteiger partial charge in [-0.25, -0.2) is 4.99 Å². The second kappa shape index (κ2) is 12.5. The zero-order valence-corrected chi connectivity index (χ0v) is 17.1. The number of ether oxygens (including phenoxy) is 2. The summed E-state index contributed by atoms with van der Waals surface area (Å²) in [4.78, 5) is 4.60. The number of hydrogen-bond acceptors (Lipinski definition) is 3. The molecule has 1 saturated heterocycles. The molecule has 7 heteroatoms. The Kier molecular flexibility index (Phi) is 11.1. The molecule has 1 aromatic rings. The summed E-state index contributed by atoms with van der Waals surface area (Å²) in [6.07, 6.45) is 6.24. The van der Waals surface area contributed by atoms with Gasteiger partial charge in [0.15, 0.2) is 5.96 Å². The molecule has 2 rings (SSSR count). The standard InChI is InChI=1S/C17H30N4O2.HI/c1-3-18-17(20-11-15-5-8-21(2)12-15)19-7-4-9-22-13-16-6-10-23-14-16;/h5,8,12,16H,3-4,6-7,9-11,13-14H2,1-2H3,(H2,18,19,20);1H. The molecule has 6 nitrogen and oxygen atoms in total. The van der Waals surface area contributed by atoms with Gasteiger partial charge in [0, 0.05) is 51.7 Å². The fraction of sp³-hybridized carbons (Fsp3) is 0.706. The van der Waals surface area contributed by atoms with Crippen LogP contribution in [0.25, 0.3) is 0 Å². The highest BCUT2D eigenvalue weighted by Gasteiger charge is 2.15. The molecule has 138 valence electrons. The van der Waals surface area contributed by atoms with Gasteiger partial charge in [0.25, 0.3) is 0 Å². The first-order valence-corrected chi connectivity index (χ1v) is 8.56. The van der Waals surface area contributed by atoms with Crippen LogP contribution in [-0.2, 0) is 23.1 Å². The smallest absolute Gasteiger partial charge is 0.191 e. The monoisotopic (exact) mass is 450 g/mol. The normalized spacial score (nSPS) is 17.6. The summed E-state index contributed by atoms with van der Waals surface area (Å²) in [5.74, 6) is 1.45. The van der Waals surface area contributed by atoms with Gasteiger partial charge in [-0.05, 0) is 31.4 Å². The molecule has 1 unspecified atom stereocenters. The van der Waals surface area contributed by atoms with E-state index in [0.29, 0.717) is 12.5 Å². The molecule has 0 saturated carbocycles. The van der Waals surface area contributed by atoms with Crippen molar-refractivity contribution < 1.29 is 9.47 Å². The molecule has 2 heterocycles. The Hall–Kier alpha value is -0.800. The Morgan fingerprint density at radius 2 is 2.33 bits per heavy atom. The van der Waals surface area contributed by atoms with Crippen molar-refractivity contribution in [2.45, 2.75) is 26.3 Å². The number of guanidine groups is 1. The van der Waals surface area contributed by atoms with Crippen molar-refractivity contribution in [1.82, 2.24) is 15.2 Å². The molecule has 1 aliphatic heterocycles. The van der Waals surface area contributed by atoms with Gasteiger partial charge >= 0.3 is 0 Å². The molecule has 0 radical (unpaired) electrons. The quantitative estimate of drug-likeness (QED) is 0.262. The van der Waals surface area contributed by atoms with Gasteiger partial charge in [-0.3, -0.25) is 0 Å². The van der Waals surface area contributed by atoms with E-state index in [2.05, 4.69) is 34.8 Å². The lowest BCUT2D eigenvalue weighted by Gasteiger charge is -2.12. The maximum Gasteiger partial charge on any atom is 0.191 e.